The van der Waals surface area contributed by atoms with E-state index in [1.165, 1.54) is 34.0 Å². The van der Waals surface area contributed by atoms with Crippen LogP contribution in [0.25, 0.3) is 0 Å². The molecule has 3 aliphatic rings. The molecule has 4 nitrogen and oxygen atoms in total. The minimum atomic E-state index is 0.346. The highest BCUT2D eigenvalue weighted by Crippen LogP contribution is 2.43. The van der Waals surface area contributed by atoms with Gasteiger partial charge in [-0.05, 0) is 56.9 Å². The lowest BCUT2D eigenvalue weighted by Gasteiger charge is -2.56. The maximum Gasteiger partial charge on any atom is 0.223 e. The van der Waals surface area contributed by atoms with Crippen LogP contribution in [0.1, 0.15) is 46.8 Å². The van der Waals surface area contributed by atoms with Crippen molar-refractivity contribution in [3.05, 3.63) is 51.5 Å². The largest absolute Gasteiger partial charge is 0.336 e. The number of aryl methyl sites for hydroxylation is 2. The zero-order valence-electron chi connectivity index (χ0n) is 17.5. The fraction of sp³-hybridized carbons (Fsp3) is 0.583. The van der Waals surface area contributed by atoms with Crippen molar-refractivity contribution in [1.82, 2.24) is 14.8 Å². The maximum atomic E-state index is 13.0. The molecular formula is C24H31N3OS. The van der Waals surface area contributed by atoms with Crippen LogP contribution in [0.3, 0.4) is 0 Å². The lowest BCUT2D eigenvalue weighted by Crippen LogP contribution is -2.65. The summed E-state index contributed by atoms with van der Waals surface area (Å²) < 4.78 is 0. The van der Waals surface area contributed by atoms with Gasteiger partial charge in [-0.15, -0.1) is 11.3 Å². The van der Waals surface area contributed by atoms with Crippen LogP contribution in [0.15, 0.2) is 30.3 Å². The number of rotatable bonds is 4. The van der Waals surface area contributed by atoms with Crippen molar-refractivity contribution in [2.45, 2.75) is 64.6 Å². The summed E-state index contributed by atoms with van der Waals surface area (Å²) in [4.78, 5) is 24.0. The summed E-state index contributed by atoms with van der Waals surface area (Å²) >= 11 is 1.85. The van der Waals surface area contributed by atoms with E-state index >= 15 is 0 Å². The van der Waals surface area contributed by atoms with E-state index in [1.54, 1.807) is 0 Å². The summed E-state index contributed by atoms with van der Waals surface area (Å²) in [6, 6.07) is 11.6. The molecule has 0 radical (unpaired) electrons. The summed E-state index contributed by atoms with van der Waals surface area (Å²) in [7, 11) is 0. The number of fused-ring (bicyclic) bond motifs is 4. The van der Waals surface area contributed by atoms with Crippen molar-refractivity contribution in [3.8, 4) is 0 Å². The molecule has 0 unspecified atom stereocenters. The first-order valence-corrected chi connectivity index (χ1v) is 11.9. The Kier molecular flexibility index (Phi) is 5.21. The van der Waals surface area contributed by atoms with Crippen LogP contribution in [-0.4, -0.2) is 45.9 Å². The highest BCUT2D eigenvalue weighted by molar-refractivity contribution is 7.11. The Morgan fingerprint density at radius 3 is 2.69 bits per heavy atom. The lowest BCUT2D eigenvalue weighted by atomic mass is 9.71. The standard InChI is InChI=1S/C24H31N3OS/c1-16-23(29-17(2)25-16)15-26-13-19-12-20(14-26)22(11-18-7-4-3-5-8-18)27-21(19)9-6-10-24(27)28/h3-5,7-8,19-22H,6,9-15H2,1-2H3/t19-,20+,21+,22+/m1/s1. The average molecular weight is 410 g/mol. The third-order valence-corrected chi connectivity index (χ3v) is 8.28. The predicted octanol–water partition coefficient (Wildman–Crippen LogP) is 4.20. The van der Waals surface area contributed by atoms with Gasteiger partial charge in [0.25, 0.3) is 0 Å². The molecule has 5 rings (SSSR count). The normalized spacial score (nSPS) is 29.7. The number of aromatic nitrogens is 1. The van der Waals surface area contributed by atoms with Gasteiger partial charge in [0, 0.05) is 43.0 Å². The van der Waals surface area contributed by atoms with E-state index in [4.69, 9.17) is 0 Å². The molecule has 2 bridgehead atoms. The molecule has 1 aromatic carbocycles. The topological polar surface area (TPSA) is 36.4 Å². The van der Waals surface area contributed by atoms with Crippen LogP contribution >= 0.6 is 11.3 Å². The number of benzene rings is 1. The van der Waals surface area contributed by atoms with Gasteiger partial charge in [-0.2, -0.15) is 0 Å². The Morgan fingerprint density at radius 2 is 1.93 bits per heavy atom. The number of hydrogen-bond acceptors (Lipinski definition) is 4. The number of hydrogen-bond donors (Lipinski definition) is 0. The lowest BCUT2D eigenvalue weighted by molar-refractivity contribution is -0.152. The van der Waals surface area contributed by atoms with Crippen LogP contribution in [0.2, 0.25) is 0 Å². The number of carbonyl (C=O) groups excluding carboxylic acids is 1. The van der Waals surface area contributed by atoms with Crippen LogP contribution in [0, 0.1) is 25.7 Å². The van der Waals surface area contributed by atoms with Crippen molar-refractivity contribution in [2.75, 3.05) is 13.1 Å². The van der Waals surface area contributed by atoms with Gasteiger partial charge in [-0.25, -0.2) is 4.98 Å². The molecule has 154 valence electrons. The molecule has 4 atom stereocenters. The number of likely N-dealkylation sites (tertiary alicyclic amines) is 1. The first-order chi connectivity index (χ1) is 14.1. The van der Waals surface area contributed by atoms with Crippen LogP contribution in [-0.2, 0) is 17.8 Å². The Hall–Kier alpha value is -1.72. The Morgan fingerprint density at radius 1 is 1.14 bits per heavy atom. The van der Waals surface area contributed by atoms with Gasteiger partial charge in [0.15, 0.2) is 0 Å². The molecular weight excluding hydrogens is 378 g/mol. The van der Waals surface area contributed by atoms with Crippen molar-refractivity contribution < 1.29 is 4.79 Å². The second-order valence-corrected chi connectivity index (χ2v) is 10.5. The van der Waals surface area contributed by atoms with Gasteiger partial charge in [0.05, 0.1) is 10.7 Å². The molecule has 3 saturated heterocycles. The molecule has 0 spiro atoms. The minimum Gasteiger partial charge on any atom is -0.336 e. The molecule has 3 aliphatic heterocycles. The summed E-state index contributed by atoms with van der Waals surface area (Å²) in [6.45, 7) is 7.49. The minimum absolute atomic E-state index is 0.346. The number of thiazole rings is 1. The Balaban J connectivity index is 1.41. The number of amides is 1. The fourth-order valence-electron chi connectivity index (χ4n) is 6.04. The molecule has 0 saturated carbocycles. The number of nitrogens with zero attached hydrogens (tertiary/aromatic N) is 3. The quantitative estimate of drug-likeness (QED) is 0.759. The van der Waals surface area contributed by atoms with Gasteiger partial charge in [0.1, 0.15) is 0 Å². The fourth-order valence-corrected chi connectivity index (χ4v) is 7.02. The van der Waals surface area contributed by atoms with Crippen molar-refractivity contribution in [2.24, 2.45) is 11.8 Å². The number of carbonyl (C=O) groups is 1. The van der Waals surface area contributed by atoms with E-state index in [-0.39, 0.29) is 0 Å². The van der Waals surface area contributed by atoms with Gasteiger partial charge >= 0.3 is 0 Å². The number of piperidine rings is 3. The van der Waals surface area contributed by atoms with E-state index in [9.17, 15) is 4.79 Å². The van der Waals surface area contributed by atoms with Crippen molar-refractivity contribution in [1.29, 1.82) is 0 Å². The van der Waals surface area contributed by atoms with Crippen LogP contribution in [0.4, 0.5) is 0 Å². The van der Waals surface area contributed by atoms with E-state index in [0.717, 1.165) is 38.9 Å². The molecule has 0 aliphatic carbocycles. The molecule has 1 aromatic heterocycles. The molecule has 2 aromatic rings. The monoisotopic (exact) mass is 409 g/mol. The van der Waals surface area contributed by atoms with Crippen LogP contribution < -0.4 is 0 Å². The van der Waals surface area contributed by atoms with E-state index < -0.39 is 0 Å². The second kappa shape index (κ2) is 7.84. The molecule has 0 N–H and O–H groups in total. The van der Waals surface area contributed by atoms with E-state index in [1.807, 2.05) is 11.3 Å². The second-order valence-electron chi connectivity index (χ2n) is 9.21. The van der Waals surface area contributed by atoms with Gasteiger partial charge in [-0.1, -0.05) is 30.3 Å². The van der Waals surface area contributed by atoms with Gasteiger partial charge < -0.3 is 4.90 Å². The van der Waals surface area contributed by atoms with Gasteiger partial charge in [0.2, 0.25) is 5.91 Å². The van der Waals surface area contributed by atoms with Crippen LogP contribution in [0.5, 0.6) is 0 Å². The summed E-state index contributed by atoms with van der Waals surface area (Å²) in [5.41, 5.74) is 2.55. The first kappa shape index (κ1) is 19.3. The first-order valence-electron chi connectivity index (χ1n) is 11.1. The highest BCUT2D eigenvalue weighted by atomic mass is 32.1. The Labute approximate surface area is 177 Å². The summed E-state index contributed by atoms with van der Waals surface area (Å²) in [5, 5.41) is 1.17. The van der Waals surface area contributed by atoms with Gasteiger partial charge in [-0.3, -0.25) is 9.69 Å². The molecule has 5 heteroatoms. The summed E-state index contributed by atoms with van der Waals surface area (Å²) in [5.74, 6) is 1.60. The van der Waals surface area contributed by atoms with Crippen molar-refractivity contribution in [3.63, 3.8) is 0 Å². The molecule has 4 heterocycles. The summed E-state index contributed by atoms with van der Waals surface area (Å²) in [6.07, 6.45) is 5.26. The van der Waals surface area contributed by atoms with Crippen molar-refractivity contribution >= 4 is 17.2 Å². The van der Waals surface area contributed by atoms with E-state index in [2.05, 4.69) is 59.0 Å². The SMILES string of the molecule is Cc1nc(C)c(CN2C[C@H]3C[C@@H](C2)[C@H](Cc2ccccc2)N2C(=O)CCC[C@@H]32)s1. The third kappa shape index (κ3) is 3.75. The van der Waals surface area contributed by atoms with E-state index in [0.29, 0.717) is 29.8 Å². The smallest absolute Gasteiger partial charge is 0.223 e. The maximum absolute atomic E-state index is 13.0. The highest BCUT2D eigenvalue weighted by Gasteiger charge is 2.49. The zero-order chi connectivity index (χ0) is 20.0. The zero-order valence-corrected chi connectivity index (χ0v) is 18.3. The predicted molar refractivity (Wildman–Crippen MR) is 117 cm³/mol. The molecule has 1 amide bonds. The average Bonchev–Trinajstić information content (AvgIpc) is 3.03. The Bertz CT molecular complexity index is 880. The molecule has 3 fully saturated rings. The third-order valence-electron chi connectivity index (χ3n) is 7.23. The molecule has 29 heavy (non-hydrogen) atoms.